The van der Waals surface area contributed by atoms with E-state index >= 15 is 0 Å². The van der Waals surface area contributed by atoms with E-state index in [-0.39, 0.29) is 0 Å². The van der Waals surface area contributed by atoms with Gasteiger partial charge in [0.2, 0.25) is 0 Å². The number of carboxylic acid groups (broad SMARTS) is 1. The van der Waals surface area contributed by atoms with Crippen LogP contribution in [-0.4, -0.2) is 16.1 Å². The monoisotopic (exact) mass is 177 g/mol. The molecule has 0 atom stereocenters. The molecule has 0 spiro atoms. The molecule has 1 aromatic rings. The van der Waals surface area contributed by atoms with Gasteiger partial charge in [-0.15, -0.1) is 0 Å². The highest BCUT2D eigenvalue weighted by Crippen LogP contribution is 2.42. The maximum atomic E-state index is 11.1. The summed E-state index contributed by atoms with van der Waals surface area (Å²) in [6.07, 6.45) is 4.08. The number of hydrogen-bond donors (Lipinski definition) is 1. The maximum Gasteiger partial charge on any atom is 0.315 e. The third kappa shape index (κ3) is 1.11. The van der Waals surface area contributed by atoms with Crippen molar-refractivity contribution in [3.63, 3.8) is 0 Å². The smallest absolute Gasteiger partial charge is 0.315 e. The Morgan fingerprint density at radius 3 is 2.62 bits per heavy atom. The van der Waals surface area contributed by atoms with Crippen molar-refractivity contribution < 1.29 is 9.90 Å². The first-order chi connectivity index (χ1) is 6.26. The Labute approximate surface area is 76.4 Å². The second-order valence-corrected chi connectivity index (χ2v) is 3.46. The molecule has 0 amide bonds. The molecule has 1 aliphatic carbocycles. The molecule has 68 valence electrons. The van der Waals surface area contributed by atoms with Gasteiger partial charge in [-0.1, -0.05) is 12.5 Å². The number of rotatable bonds is 2. The Morgan fingerprint density at radius 1 is 1.46 bits per heavy atom. The minimum atomic E-state index is -0.738. The van der Waals surface area contributed by atoms with Crippen molar-refractivity contribution in [1.29, 1.82) is 0 Å². The molecule has 0 saturated heterocycles. The predicted molar refractivity (Wildman–Crippen MR) is 47.4 cm³/mol. The lowest BCUT2D eigenvalue weighted by Gasteiger charge is -2.36. The highest BCUT2D eigenvalue weighted by Gasteiger charge is 2.46. The van der Waals surface area contributed by atoms with Gasteiger partial charge >= 0.3 is 5.97 Å². The van der Waals surface area contributed by atoms with Crippen molar-refractivity contribution in [1.82, 2.24) is 4.98 Å². The van der Waals surface area contributed by atoms with Crippen LogP contribution in [0.15, 0.2) is 24.4 Å². The number of nitrogens with zero attached hydrogens (tertiary/aromatic N) is 1. The Balaban J connectivity index is 2.38. The molecular weight excluding hydrogens is 166 g/mol. The highest BCUT2D eigenvalue weighted by atomic mass is 16.4. The van der Waals surface area contributed by atoms with E-state index in [1.807, 2.05) is 6.07 Å². The van der Waals surface area contributed by atoms with Gasteiger partial charge in [0.1, 0.15) is 5.41 Å². The van der Waals surface area contributed by atoms with Crippen LogP contribution in [0.25, 0.3) is 0 Å². The molecule has 0 aliphatic heterocycles. The Bertz CT molecular complexity index is 317. The van der Waals surface area contributed by atoms with Crippen LogP contribution >= 0.6 is 0 Å². The first kappa shape index (κ1) is 8.23. The number of hydrogen-bond acceptors (Lipinski definition) is 2. The van der Waals surface area contributed by atoms with Gasteiger partial charge in [-0.3, -0.25) is 9.78 Å². The highest BCUT2D eigenvalue weighted by molar-refractivity contribution is 5.81. The van der Waals surface area contributed by atoms with Crippen LogP contribution < -0.4 is 0 Å². The van der Waals surface area contributed by atoms with E-state index in [2.05, 4.69) is 4.98 Å². The van der Waals surface area contributed by atoms with Crippen LogP contribution in [0.3, 0.4) is 0 Å². The summed E-state index contributed by atoms with van der Waals surface area (Å²) in [7, 11) is 0. The van der Waals surface area contributed by atoms with Gasteiger partial charge in [-0.25, -0.2) is 0 Å². The van der Waals surface area contributed by atoms with E-state index in [1.165, 1.54) is 0 Å². The van der Waals surface area contributed by atoms with Crippen molar-refractivity contribution in [3.8, 4) is 0 Å². The summed E-state index contributed by atoms with van der Waals surface area (Å²) in [4.78, 5) is 15.2. The molecule has 0 bridgehead atoms. The largest absolute Gasteiger partial charge is 0.481 e. The van der Waals surface area contributed by atoms with Crippen LogP contribution in [0, 0.1) is 0 Å². The fourth-order valence-corrected chi connectivity index (χ4v) is 1.76. The number of aliphatic carboxylic acids is 1. The third-order valence-corrected chi connectivity index (χ3v) is 2.77. The topological polar surface area (TPSA) is 50.2 Å². The Hall–Kier alpha value is -1.38. The van der Waals surface area contributed by atoms with Crippen LogP contribution in [0.1, 0.15) is 25.0 Å². The van der Waals surface area contributed by atoms with E-state index in [9.17, 15) is 4.79 Å². The third-order valence-electron chi connectivity index (χ3n) is 2.77. The molecule has 1 fully saturated rings. The van der Waals surface area contributed by atoms with Gasteiger partial charge in [-0.05, 0) is 25.0 Å². The molecule has 1 saturated carbocycles. The van der Waals surface area contributed by atoms with Crippen LogP contribution in [0.4, 0.5) is 0 Å². The zero-order valence-electron chi connectivity index (χ0n) is 7.23. The quantitative estimate of drug-likeness (QED) is 0.746. The summed E-state index contributed by atoms with van der Waals surface area (Å²) in [6.45, 7) is 0. The van der Waals surface area contributed by atoms with Gasteiger partial charge in [-0.2, -0.15) is 0 Å². The van der Waals surface area contributed by atoms with Gasteiger partial charge in [0.15, 0.2) is 0 Å². The SMILES string of the molecule is O=C(O)C1(c2ccccn2)CCC1. The Morgan fingerprint density at radius 2 is 2.23 bits per heavy atom. The van der Waals surface area contributed by atoms with Crippen molar-refractivity contribution in [2.24, 2.45) is 0 Å². The average molecular weight is 177 g/mol. The van der Waals surface area contributed by atoms with Crippen molar-refractivity contribution >= 4 is 5.97 Å². The summed E-state index contributed by atoms with van der Waals surface area (Å²) < 4.78 is 0. The lowest BCUT2D eigenvalue weighted by Crippen LogP contribution is -2.42. The van der Waals surface area contributed by atoms with E-state index < -0.39 is 11.4 Å². The predicted octanol–water partition coefficient (Wildman–Crippen LogP) is 1.59. The van der Waals surface area contributed by atoms with Crippen molar-refractivity contribution in [2.45, 2.75) is 24.7 Å². The van der Waals surface area contributed by atoms with Crippen molar-refractivity contribution in [3.05, 3.63) is 30.1 Å². The normalized spacial score (nSPS) is 19.1. The van der Waals surface area contributed by atoms with E-state index in [1.54, 1.807) is 18.3 Å². The van der Waals surface area contributed by atoms with Gasteiger partial charge in [0.25, 0.3) is 0 Å². The minimum absolute atomic E-state index is 0.679. The zero-order valence-corrected chi connectivity index (χ0v) is 7.23. The van der Waals surface area contributed by atoms with E-state index in [4.69, 9.17) is 5.11 Å². The summed E-state index contributed by atoms with van der Waals surface area (Å²) in [5.41, 5.74) is 0.0232. The number of pyridine rings is 1. The van der Waals surface area contributed by atoms with Crippen molar-refractivity contribution in [2.75, 3.05) is 0 Å². The van der Waals surface area contributed by atoms with Gasteiger partial charge in [0, 0.05) is 6.20 Å². The summed E-state index contributed by atoms with van der Waals surface area (Å²) in [6, 6.07) is 5.44. The standard InChI is InChI=1S/C10H11NO2/c12-9(13)10(5-3-6-10)8-4-1-2-7-11-8/h1-2,4,7H,3,5-6H2,(H,12,13). The lowest BCUT2D eigenvalue weighted by atomic mass is 9.66. The van der Waals surface area contributed by atoms with E-state index in [0.29, 0.717) is 5.69 Å². The summed E-state index contributed by atoms with van der Waals surface area (Å²) in [5, 5.41) is 9.10. The second kappa shape index (κ2) is 2.83. The molecule has 1 aromatic heterocycles. The van der Waals surface area contributed by atoms with Crippen LogP contribution in [0.5, 0.6) is 0 Å². The summed E-state index contributed by atoms with van der Waals surface area (Å²) >= 11 is 0. The molecule has 0 radical (unpaired) electrons. The molecule has 1 aliphatic rings. The van der Waals surface area contributed by atoms with Crippen LogP contribution in [0.2, 0.25) is 0 Å². The molecule has 1 N–H and O–H groups in total. The zero-order chi connectivity index (χ0) is 9.31. The molecule has 0 unspecified atom stereocenters. The first-order valence-corrected chi connectivity index (χ1v) is 4.41. The van der Waals surface area contributed by atoms with Gasteiger partial charge < -0.3 is 5.11 Å². The number of aromatic nitrogens is 1. The number of carboxylic acids is 1. The fraction of sp³-hybridized carbons (Fsp3) is 0.400. The minimum Gasteiger partial charge on any atom is -0.481 e. The molecule has 13 heavy (non-hydrogen) atoms. The summed E-state index contributed by atoms with van der Waals surface area (Å²) in [5.74, 6) is -0.738. The maximum absolute atomic E-state index is 11.1. The molecule has 1 heterocycles. The molecule has 3 nitrogen and oxygen atoms in total. The number of carbonyl (C=O) groups is 1. The Kier molecular flexibility index (Phi) is 1.79. The molecule has 3 heteroatoms. The molecule has 2 rings (SSSR count). The molecule has 0 aromatic carbocycles. The molecular formula is C10H11NO2. The van der Waals surface area contributed by atoms with E-state index in [0.717, 1.165) is 19.3 Å². The lowest BCUT2D eigenvalue weighted by molar-refractivity contribution is -0.147. The average Bonchev–Trinajstić information content (AvgIpc) is 2.03. The van der Waals surface area contributed by atoms with Gasteiger partial charge in [0.05, 0.1) is 5.69 Å². The first-order valence-electron chi connectivity index (χ1n) is 4.41. The van der Waals surface area contributed by atoms with Crippen LogP contribution in [-0.2, 0) is 10.2 Å². The second-order valence-electron chi connectivity index (χ2n) is 3.46. The fourth-order valence-electron chi connectivity index (χ4n) is 1.76.